The Labute approximate surface area is 160 Å². The third-order valence-electron chi connectivity index (χ3n) is 4.42. The van der Waals surface area contributed by atoms with Crippen LogP contribution in [-0.2, 0) is 14.3 Å². The number of hydrogen-bond acceptors (Lipinski definition) is 5. The van der Waals surface area contributed by atoms with Crippen LogP contribution in [0.4, 0.5) is 5.69 Å². The number of Topliss-reactive ketones (excluding diaryl/α,β-unsaturated/α-hetero) is 1. The van der Waals surface area contributed by atoms with Gasteiger partial charge in [0.15, 0.2) is 12.4 Å². The van der Waals surface area contributed by atoms with Gasteiger partial charge in [0, 0.05) is 25.3 Å². The van der Waals surface area contributed by atoms with Crippen LogP contribution in [0.15, 0.2) is 18.2 Å². The van der Waals surface area contributed by atoms with Gasteiger partial charge in [0.2, 0.25) is 5.91 Å². The maximum atomic E-state index is 12.5. The largest absolute Gasteiger partial charge is 0.482 e. The van der Waals surface area contributed by atoms with E-state index in [1.165, 1.54) is 11.8 Å². The summed E-state index contributed by atoms with van der Waals surface area (Å²) in [5.74, 6) is -0.189. The maximum absolute atomic E-state index is 12.5. The Kier molecular flexibility index (Phi) is 7.79. The first-order valence-corrected chi connectivity index (χ1v) is 9.41. The molecule has 1 heterocycles. The number of amides is 2. The van der Waals surface area contributed by atoms with Gasteiger partial charge in [-0.2, -0.15) is 0 Å². The predicted octanol–water partition coefficient (Wildman–Crippen LogP) is 2.33. The van der Waals surface area contributed by atoms with Gasteiger partial charge >= 0.3 is 0 Å². The van der Waals surface area contributed by atoms with E-state index in [1.54, 1.807) is 25.1 Å². The third-order valence-corrected chi connectivity index (χ3v) is 4.42. The number of rotatable bonds is 10. The van der Waals surface area contributed by atoms with Crippen molar-refractivity contribution in [3.63, 3.8) is 0 Å². The first-order chi connectivity index (χ1) is 13.0. The van der Waals surface area contributed by atoms with Crippen molar-refractivity contribution in [2.24, 2.45) is 0 Å². The Balaban J connectivity index is 1.98. The van der Waals surface area contributed by atoms with Crippen molar-refractivity contribution in [1.82, 2.24) is 5.32 Å². The van der Waals surface area contributed by atoms with Crippen LogP contribution in [0.1, 0.15) is 50.4 Å². The molecule has 0 saturated carbocycles. The molecule has 1 aliphatic heterocycles. The number of carbonyl (C=O) groups is 3. The number of unbranched alkanes of at least 4 members (excludes halogenated alkanes) is 1. The molecule has 7 nitrogen and oxygen atoms in total. The molecule has 1 N–H and O–H groups in total. The highest BCUT2D eigenvalue weighted by atomic mass is 16.5. The van der Waals surface area contributed by atoms with Gasteiger partial charge in [-0.25, -0.2) is 0 Å². The molecule has 1 unspecified atom stereocenters. The molecule has 0 aromatic heterocycles. The monoisotopic (exact) mass is 376 g/mol. The number of hydrogen-bond donors (Lipinski definition) is 1. The fourth-order valence-electron chi connectivity index (χ4n) is 2.81. The number of anilines is 1. The SMILES string of the molecule is CCCCOCCCNC(=O)C(C)N1C(=O)COc2ccc(C(C)=O)cc21. The smallest absolute Gasteiger partial charge is 0.265 e. The molecule has 2 rings (SSSR count). The van der Waals surface area contributed by atoms with Crippen molar-refractivity contribution in [2.75, 3.05) is 31.3 Å². The van der Waals surface area contributed by atoms with Gasteiger partial charge in [-0.15, -0.1) is 0 Å². The fraction of sp³-hybridized carbons (Fsp3) is 0.550. The molecule has 2 amide bonds. The van der Waals surface area contributed by atoms with E-state index in [0.717, 1.165) is 19.4 Å². The summed E-state index contributed by atoms with van der Waals surface area (Å²) in [5.41, 5.74) is 0.915. The highest BCUT2D eigenvalue weighted by molar-refractivity contribution is 6.05. The number of nitrogens with zero attached hydrogens (tertiary/aromatic N) is 1. The summed E-state index contributed by atoms with van der Waals surface area (Å²) in [6, 6.07) is 4.20. The second-order valence-corrected chi connectivity index (χ2v) is 6.58. The lowest BCUT2D eigenvalue weighted by Crippen LogP contribution is -2.51. The van der Waals surface area contributed by atoms with Crippen LogP contribution >= 0.6 is 0 Å². The molecular weight excluding hydrogens is 348 g/mol. The Morgan fingerprint density at radius 1 is 1.30 bits per heavy atom. The summed E-state index contributed by atoms with van der Waals surface area (Å²) in [6.45, 7) is 6.91. The molecule has 27 heavy (non-hydrogen) atoms. The van der Waals surface area contributed by atoms with Crippen molar-refractivity contribution >= 4 is 23.3 Å². The highest BCUT2D eigenvalue weighted by Crippen LogP contribution is 2.34. The molecular formula is C20H28N2O5. The van der Waals surface area contributed by atoms with Crippen LogP contribution < -0.4 is 15.0 Å². The quantitative estimate of drug-likeness (QED) is 0.500. The van der Waals surface area contributed by atoms with Crippen LogP contribution in [0.25, 0.3) is 0 Å². The first kappa shape index (κ1) is 20.9. The van der Waals surface area contributed by atoms with Gasteiger partial charge in [0.05, 0.1) is 5.69 Å². The summed E-state index contributed by atoms with van der Waals surface area (Å²) in [7, 11) is 0. The maximum Gasteiger partial charge on any atom is 0.265 e. The molecule has 0 aliphatic carbocycles. The lowest BCUT2D eigenvalue weighted by Gasteiger charge is -2.33. The van der Waals surface area contributed by atoms with Gasteiger partial charge in [-0.1, -0.05) is 13.3 Å². The summed E-state index contributed by atoms with van der Waals surface area (Å²) in [4.78, 5) is 37.9. The van der Waals surface area contributed by atoms with Crippen molar-refractivity contribution in [1.29, 1.82) is 0 Å². The normalized spacial score (nSPS) is 14.3. The molecule has 1 aromatic rings. The summed E-state index contributed by atoms with van der Waals surface area (Å²) in [5, 5.41) is 2.84. The van der Waals surface area contributed by atoms with Gasteiger partial charge in [-0.3, -0.25) is 19.3 Å². The minimum Gasteiger partial charge on any atom is -0.482 e. The zero-order chi connectivity index (χ0) is 19.8. The molecule has 0 fully saturated rings. The van der Waals surface area contributed by atoms with Crippen LogP contribution in [0.3, 0.4) is 0 Å². The van der Waals surface area contributed by atoms with Crippen LogP contribution in [0.5, 0.6) is 5.75 Å². The molecule has 0 radical (unpaired) electrons. The molecule has 1 atom stereocenters. The number of ether oxygens (including phenoxy) is 2. The number of fused-ring (bicyclic) bond motifs is 1. The Morgan fingerprint density at radius 2 is 2.04 bits per heavy atom. The van der Waals surface area contributed by atoms with E-state index in [-0.39, 0.29) is 24.2 Å². The van der Waals surface area contributed by atoms with Crippen LogP contribution in [0.2, 0.25) is 0 Å². The van der Waals surface area contributed by atoms with E-state index in [1.807, 2.05) is 0 Å². The molecule has 1 aromatic carbocycles. The van der Waals surface area contributed by atoms with Crippen molar-refractivity contribution in [2.45, 2.75) is 46.1 Å². The zero-order valence-corrected chi connectivity index (χ0v) is 16.2. The minimum absolute atomic E-state index is 0.115. The zero-order valence-electron chi connectivity index (χ0n) is 16.2. The lowest BCUT2D eigenvalue weighted by molar-refractivity contribution is -0.127. The summed E-state index contributed by atoms with van der Waals surface area (Å²) < 4.78 is 10.9. The van der Waals surface area contributed by atoms with E-state index in [2.05, 4.69) is 12.2 Å². The first-order valence-electron chi connectivity index (χ1n) is 9.41. The van der Waals surface area contributed by atoms with E-state index >= 15 is 0 Å². The topological polar surface area (TPSA) is 84.9 Å². The van der Waals surface area contributed by atoms with Crippen molar-refractivity contribution in [3.05, 3.63) is 23.8 Å². The number of carbonyl (C=O) groups excluding carboxylic acids is 3. The van der Waals surface area contributed by atoms with E-state index in [4.69, 9.17) is 9.47 Å². The lowest BCUT2D eigenvalue weighted by atomic mass is 10.1. The molecule has 7 heteroatoms. The highest BCUT2D eigenvalue weighted by Gasteiger charge is 2.33. The average Bonchev–Trinajstić information content (AvgIpc) is 2.66. The van der Waals surface area contributed by atoms with Crippen molar-refractivity contribution < 1.29 is 23.9 Å². The van der Waals surface area contributed by atoms with Gasteiger partial charge in [0.25, 0.3) is 5.91 Å². The third kappa shape index (κ3) is 5.53. The van der Waals surface area contributed by atoms with E-state index < -0.39 is 6.04 Å². The number of ketones is 1. The van der Waals surface area contributed by atoms with E-state index in [9.17, 15) is 14.4 Å². The standard InChI is InChI=1S/C20H28N2O5/c1-4-5-10-26-11-6-9-21-20(25)14(2)22-17-12-16(15(3)23)7-8-18(17)27-13-19(22)24/h7-8,12,14H,4-6,9-11,13H2,1-3H3,(H,21,25). The Hall–Kier alpha value is -2.41. The molecule has 0 saturated heterocycles. The fourth-order valence-corrected chi connectivity index (χ4v) is 2.81. The molecule has 0 bridgehead atoms. The van der Waals surface area contributed by atoms with E-state index in [0.29, 0.717) is 36.6 Å². The van der Waals surface area contributed by atoms with Gasteiger partial charge in [-0.05, 0) is 44.9 Å². The summed E-state index contributed by atoms with van der Waals surface area (Å²) in [6.07, 6.45) is 2.84. The summed E-state index contributed by atoms with van der Waals surface area (Å²) >= 11 is 0. The minimum atomic E-state index is -0.705. The Morgan fingerprint density at radius 3 is 2.74 bits per heavy atom. The van der Waals surface area contributed by atoms with Gasteiger partial charge < -0.3 is 14.8 Å². The predicted molar refractivity (Wildman–Crippen MR) is 102 cm³/mol. The average molecular weight is 376 g/mol. The van der Waals surface area contributed by atoms with Crippen LogP contribution in [0, 0.1) is 0 Å². The van der Waals surface area contributed by atoms with Gasteiger partial charge in [0.1, 0.15) is 11.8 Å². The molecule has 0 spiro atoms. The molecule has 1 aliphatic rings. The van der Waals surface area contributed by atoms with Crippen LogP contribution in [-0.4, -0.2) is 50.0 Å². The molecule has 148 valence electrons. The Bertz CT molecular complexity index is 689. The number of nitrogens with one attached hydrogen (secondary N) is 1. The second kappa shape index (κ2) is 10.1. The second-order valence-electron chi connectivity index (χ2n) is 6.58. The number of benzene rings is 1. The van der Waals surface area contributed by atoms with Crippen molar-refractivity contribution in [3.8, 4) is 5.75 Å².